The molecular formula is C25H34F3N5O. The van der Waals surface area contributed by atoms with Crippen molar-refractivity contribution in [2.75, 3.05) is 18.9 Å². The number of carbonyl (C=O) groups excluding carboxylic acids is 1. The standard InChI is InChI=1S/C25H34F3N5O/c1-5-16-12-18(32(4)15(2)3)7-9-22(16)33-11-10-21(24(33)34)31-23-19-13-17(25(26,27)28)6-8-20(19)29-14-30-23/h6,8,13-16,18,21-22H,5,7,9-12H2,1-4H3,(H,29,30,31)/t16-,18+,21-,22-/m0/s1. The van der Waals surface area contributed by atoms with Crippen molar-refractivity contribution in [3.8, 4) is 0 Å². The molecule has 2 fully saturated rings. The van der Waals surface area contributed by atoms with E-state index in [1.54, 1.807) is 0 Å². The molecule has 1 saturated heterocycles. The summed E-state index contributed by atoms with van der Waals surface area (Å²) in [6.07, 6.45) is 1.60. The number of fused-ring (bicyclic) bond motifs is 1. The minimum absolute atomic E-state index is 0.0119. The van der Waals surface area contributed by atoms with Gasteiger partial charge in [0, 0.05) is 30.1 Å². The number of rotatable bonds is 6. The van der Waals surface area contributed by atoms with E-state index in [9.17, 15) is 18.0 Å². The van der Waals surface area contributed by atoms with Gasteiger partial charge < -0.3 is 15.1 Å². The summed E-state index contributed by atoms with van der Waals surface area (Å²) in [5, 5.41) is 3.41. The first-order valence-electron chi connectivity index (χ1n) is 12.2. The lowest BCUT2D eigenvalue weighted by Gasteiger charge is -2.44. The fourth-order valence-electron chi connectivity index (χ4n) is 5.54. The Morgan fingerprint density at radius 3 is 2.65 bits per heavy atom. The van der Waals surface area contributed by atoms with E-state index in [2.05, 4.69) is 48.0 Å². The molecule has 6 nitrogen and oxygen atoms in total. The first-order valence-corrected chi connectivity index (χ1v) is 12.2. The number of aromatic nitrogens is 2. The largest absolute Gasteiger partial charge is 0.416 e. The second kappa shape index (κ2) is 9.68. The van der Waals surface area contributed by atoms with Crippen molar-refractivity contribution in [3.05, 3.63) is 30.1 Å². The minimum Gasteiger partial charge on any atom is -0.358 e. The molecule has 1 amide bonds. The summed E-state index contributed by atoms with van der Waals surface area (Å²) in [6, 6.07) is 4.13. The van der Waals surface area contributed by atoms with Crippen molar-refractivity contribution < 1.29 is 18.0 Å². The third kappa shape index (κ3) is 4.85. The zero-order valence-electron chi connectivity index (χ0n) is 20.3. The van der Waals surface area contributed by atoms with Crippen LogP contribution in [-0.2, 0) is 11.0 Å². The van der Waals surface area contributed by atoms with Gasteiger partial charge in [0.2, 0.25) is 5.91 Å². The van der Waals surface area contributed by atoms with Crippen LogP contribution in [0.1, 0.15) is 58.4 Å². The van der Waals surface area contributed by atoms with Gasteiger partial charge in [-0.1, -0.05) is 13.3 Å². The first kappa shape index (κ1) is 24.7. The predicted octanol–water partition coefficient (Wildman–Crippen LogP) is 4.95. The summed E-state index contributed by atoms with van der Waals surface area (Å²) in [5.41, 5.74) is -0.349. The van der Waals surface area contributed by atoms with Crippen LogP contribution in [-0.4, -0.2) is 63.4 Å². The number of likely N-dealkylation sites (tertiary alicyclic amines) is 1. The van der Waals surface area contributed by atoms with Gasteiger partial charge in [0.25, 0.3) is 0 Å². The molecule has 1 saturated carbocycles. The fourth-order valence-corrected chi connectivity index (χ4v) is 5.54. The molecule has 1 N–H and O–H groups in total. The molecule has 34 heavy (non-hydrogen) atoms. The zero-order chi connectivity index (χ0) is 24.6. The van der Waals surface area contributed by atoms with Crippen molar-refractivity contribution in [2.45, 2.75) is 83.2 Å². The molecule has 0 spiro atoms. The summed E-state index contributed by atoms with van der Waals surface area (Å²) in [6.45, 7) is 7.26. The van der Waals surface area contributed by atoms with Crippen molar-refractivity contribution in [1.29, 1.82) is 0 Å². The van der Waals surface area contributed by atoms with E-state index in [4.69, 9.17) is 0 Å². The van der Waals surface area contributed by atoms with Gasteiger partial charge in [0.1, 0.15) is 18.2 Å². The van der Waals surface area contributed by atoms with Crippen LogP contribution in [0, 0.1) is 5.92 Å². The summed E-state index contributed by atoms with van der Waals surface area (Å²) < 4.78 is 39.7. The predicted molar refractivity (Wildman–Crippen MR) is 126 cm³/mol. The van der Waals surface area contributed by atoms with E-state index in [0.717, 1.165) is 37.8 Å². The van der Waals surface area contributed by atoms with Gasteiger partial charge >= 0.3 is 6.18 Å². The Morgan fingerprint density at radius 1 is 1.21 bits per heavy atom. The number of anilines is 1. The Morgan fingerprint density at radius 2 is 1.97 bits per heavy atom. The molecule has 186 valence electrons. The molecule has 2 aliphatic rings. The minimum atomic E-state index is -4.46. The fraction of sp³-hybridized carbons (Fsp3) is 0.640. The molecule has 0 unspecified atom stereocenters. The van der Waals surface area contributed by atoms with Crippen molar-refractivity contribution in [2.24, 2.45) is 5.92 Å². The quantitative estimate of drug-likeness (QED) is 0.638. The molecule has 1 aromatic carbocycles. The summed E-state index contributed by atoms with van der Waals surface area (Å²) in [7, 11) is 2.18. The summed E-state index contributed by atoms with van der Waals surface area (Å²) in [4.78, 5) is 26.1. The number of nitrogens with one attached hydrogen (secondary N) is 1. The highest BCUT2D eigenvalue weighted by molar-refractivity contribution is 5.93. The molecule has 0 bridgehead atoms. The second-order valence-electron chi connectivity index (χ2n) is 9.93. The van der Waals surface area contributed by atoms with Gasteiger partial charge in [0.15, 0.2) is 0 Å². The van der Waals surface area contributed by atoms with Gasteiger partial charge in [0.05, 0.1) is 11.1 Å². The molecular weight excluding hydrogens is 443 g/mol. The van der Waals surface area contributed by atoms with Gasteiger partial charge in [-0.3, -0.25) is 4.79 Å². The van der Waals surface area contributed by atoms with Crippen LogP contribution in [0.3, 0.4) is 0 Å². The highest BCUT2D eigenvalue weighted by Gasteiger charge is 2.42. The Kier molecular flexibility index (Phi) is 7.03. The zero-order valence-corrected chi connectivity index (χ0v) is 20.3. The number of hydrogen-bond acceptors (Lipinski definition) is 5. The highest BCUT2D eigenvalue weighted by Crippen LogP contribution is 2.37. The maximum absolute atomic E-state index is 13.4. The number of hydrogen-bond donors (Lipinski definition) is 1. The molecule has 4 rings (SSSR count). The van der Waals surface area contributed by atoms with E-state index in [1.165, 1.54) is 12.4 Å². The van der Waals surface area contributed by atoms with Crippen molar-refractivity contribution in [3.63, 3.8) is 0 Å². The number of halogens is 3. The first-order chi connectivity index (χ1) is 16.1. The van der Waals surface area contributed by atoms with Crippen LogP contribution in [0.15, 0.2) is 24.5 Å². The Hall–Kier alpha value is -2.42. The Labute approximate surface area is 198 Å². The van der Waals surface area contributed by atoms with Crippen LogP contribution in [0.4, 0.5) is 19.0 Å². The van der Waals surface area contributed by atoms with E-state index in [1.807, 2.05) is 4.90 Å². The monoisotopic (exact) mass is 477 g/mol. The third-order valence-corrected chi connectivity index (χ3v) is 7.74. The molecule has 1 aliphatic heterocycles. The number of benzene rings is 1. The average molecular weight is 478 g/mol. The van der Waals surface area contributed by atoms with Gasteiger partial charge in [-0.25, -0.2) is 9.97 Å². The van der Waals surface area contributed by atoms with Crippen LogP contribution in [0.2, 0.25) is 0 Å². The van der Waals surface area contributed by atoms with Crippen LogP contribution in [0.25, 0.3) is 10.9 Å². The number of alkyl halides is 3. The Bertz CT molecular complexity index is 1030. The maximum Gasteiger partial charge on any atom is 0.416 e. The highest BCUT2D eigenvalue weighted by atomic mass is 19.4. The lowest BCUT2D eigenvalue weighted by atomic mass is 9.78. The van der Waals surface area contributed by atoms with Crippen LogP contribution < -0.4 is 5.32 Å². The average Bonchev–Trinajstić information content (AvgIpc) is 3.17. The lowest BCUT2D eigenvalue weighted by Crippen LogP contribution is -2.50. The smallest absolute Gasteiger partial charge is 0.358 e. The molecule has 4 atom stereocenters. The van der Waals surface area contributed by atoms with Gasteiger partial charge in [-0.05, 0) is 70.7 Å². The van der Waals surface area contributed by atoms with Gasteiger partial charge in [-0.2, -0.15) is 13.2 Å². The van der Waals surface area contributed by atoms with Crippen molar-refractivity contribution >= 4 is 22.6 Å². The SMILES string of the molecule is CC[C@H]1C[C@H](N(C)C(C)C)CC[C@@H]1N1CC[C@H](Nc2ncnc3ccc(C(F)(F)F)cc23)C1=O. The Balaban J connectivity index is 1.49. The van der Waals surface area contributed by atoms with Crippen molar-refractivity contribution in [1.82, 2.24) is 19.8 Å². The molecule has 2 heterocycles. The lowest BCUT2D eigenvalue weighted by molar-refractivity contribution is -0.137. The van der Waals surface area contributed by atoms with Gasteiger partial charge in [-0.15, -0.1) is 0 Å². The number of amides is 1. The summed E-state index contributed by atoms with van der Waals surface area (Å²) >= 11 is 0. The summed E-state index contributed by atoms with van der Waals surface area (Å²) in [5.74, 6) is 0.723. The van der Waals surface area contributed by atoms with Crippen LogP contribution >= 0.6 is 0 Å². The molecule has 0 radical (unpaired) electrons. The van der Waals surface area contributed by atoms with E-state index in [-0.39, 0.29) is 23.2 Å². The number of nitrogens with zero attached hydrogens (tertiary/aromatic N) is 4. The topological polar surface area (TPSA) is 61.4 Å². The van der Waals surface area contributed by atoms with E-state index >= 15 is 0 Å². The second-order valence-corrected chi connectivity index (χ2v) is 9.93. The molecule has 2 aromatic rings. The molecule has 1 aliphatic carbocycles. The van der Waals surface area contributed by atoms with Crippen LogP contribution in [0.5, 0.6) is 0 Å². The van der Waals surface area contributed by atoms with E-state index in [0.29, 0.717) is 36.5 Å². The third-order valence-electron chi connectivity index (χ3n) is 7.74. The molecule has 1 aromatic heterocycles. The molecule has 9 heteroatoms. The number of carbonyl (C=O) groups is 1. The maximum atomic E-state index is 13.4. The van der Waals surface area contributed by atoms with E-state index < -0.39 is 17.8 Å². The normalized spacial score (nSPS) is 26.1.